The van der Waals surface area contributed by atoms with Crippen LogP contribution in [-0.2, 0) is 18.3 Å². The minimum Gasteiger partial charge on any atom is -0.319 e. The van der Waals surface area contributed by atoms with Gasteiger partial charge in [0.15, 0.2) is 5.78 Å². The molecule has 0 radical (unpaired) electrons. The van der Waals surface area contributed by atoms with Gasteiger partial charge in [-0.05, 0) is 25.7 Å². The molecule has 0 aromatic carbocycles. The van der Waals surface area contributed by atoms with Crippen LogP contribution in [0.25, 0.3) is 0 Å². The zero-order chi connectivity index (χ0) is 14.2. The molecule has 2 N–H and O–H groups in total. The van der Waals surface area contributed by atoms with E-state index in [4.69, 9.17) is 17.3 Å². The highest BCUT2D eigenvalue weighted by molar-refractivity contribution is 6.32. The van der Waals surface area contributed by atoms with E-state index in [1.807, 2.05) is 14.0 Å². The van der Waals surface area contributed by atoms with Crippen LogP contribution < -0.4 is 5.73 Å². The van der Waals surface area contributed by atoms with Crippen molar-refractivity contribution in [1.29, 1.82) is 0 Å². The summed E-state index contributed by atoms with van der Waals surface area (Å²) in [7, 11) is 1.81. The molecule has 0 bridgehead atoms. The van der Waals surface area contributed by atoms with E-state index in [-0.39, 0.29) is 12.2 Å². The molecule has 4 nitrogen and oxygen atoms in total. The number of aromatic nitrogens is 2. The van der Waals surface area contributed by atoms with E-state index in [2.05, 4.69) is 12.0 Å². The zero-order valence-corrected chi connectivity index (χ0v) is 12.6. The summed E-state index contributed by atoms with van der Waals surface area (Å²) in [6.45, 7) is 4.01. The molecule has 2 atom stereocenters. The van der Waals surface area contributed by atoms with Crippen molar-refractivity contribution in [3.63, 3.8) is 0 Å². The molecular weight excluding hydrogens is 262 g/mol. The fourth-order valence-electron chi connectivity index (χ4n) is 3.05. The number of rotatable bonds is 3. The Hall–Kier alpha value is -0.870. The summed E-state index contributed by atoms with van der Waals surface area (Å²) in [5.41, 5.74) is 7.17. The first-order chi connectivity index (χ1) is 8.83. The Labute approximate surface area is 119 Å². The molecule has 2 rings (SSSR count). The maximum Gasteiger partial charge on any atom is 0.158 e. The van der Waals surface area contributed by atoms with Crippen LogP contribution in [-0.4, -0.2) is 21.1 Å². The molecular formula is C14H22ClN3O. The highest BCUT2D eigenvalue weighted by Crippen LogP contribution is 2.32. The molecule has 19 heavy (non-hydrogen) atoms. The molecule has 2 unspecified atom stereocenters. The Morgan fingerprint density at radius 1 is 1.63 bits per heavy atom. The van der Waals surface area contributed by atoms with Crippen LogP contribution in [0.2, 0.25) is 5.02 Å². The summed E-state index contributed by atoms with van der Waals surface area (Å²) in [6.07, 6.45) is 4.03. The molecule has 0 spiro atoms. The van der Waals surface area contributed by atoms with Crippen LogP contribution in [0.3, 0.4) is 0 Å². The Kier molecular flexibility index (Phi) is 4.02. The van der Waals surface area contributed by atoms with Crippen LogP contribution in [0.5, 0.6) is 0 Å². The van der Waals surface area contributed by atoms with Gasteiger partial charge in [-0.15, -0.1) is 0 Å². The Morgan fingerprint density at radius 3 is 2.84 bits per heavy atom. The van der Waals surface area contributed by atoms with E-state index in [0.29, 0.717) is 10.9 Å². The zero-order valence-electron chi connectivity index (χ0n) is 11.9. The standard InChI is InChI=1S/C14H22ClN3O/c1-9-5-4-6-14(16,8-9)12(19)7-11-13(15)10(2)17-18(11)3/h9H,4-8,16H2,1-3H3. The van der Waals surface area contributed by atoms with Gasteiger partial charge >= 0.3 is 0 Å². The second kappa shape index (κ2) is 5.25. The number of carbonyl (C=O) groups excluding carboxylic acids is 1. The maximum absolute atomic E-state index is 12.5. The number of nitrogens with zero attached hydrogens (tertiary/aromatic N) is 2. The third-order valence-corrected chi connectivity index (χ3v) is 4.67. The SMILES string of the molecule is Cc1nn(C)c(CC(=O)C2(N)CCCC(C)C2)c1Cl. The molecule has 1 aliphatic carbocycles. The van der Waals surface area contributed by atoms with Gasteiger partial charge < -0.3 is 5.73 Å². The number of carbonyl (C=O) groups is 1. The molecule has 5 heteroatoms. The summed E-state index contributed by atoms with van der Waals surface area (Å²) in [4.78, 5) is 12.5. The second-order valence-electron chi connectivity index (χ2n) is 5.93. The van der Waals surface area contributed by atoms with Crippen molar-refractivity contribution in [3.05, 3.63) is 16.4 Å². The van der Waals surface area contributed by atoms with Gasteiger partial charge in [0.05, 0.1) is 28.4 Å². The molecule has 1 heterocycles. The van der Waals surface area contributed by atoms with Crippen molar-refractivity contribution in [2.45, 2.75) is 51.5 Å². The number of ketones is 1. The molecule has 0 saturated heterocycles. The number of halogens is 1. The van der Waals surface area contributed by atoms with Gasteiger partial charge in [-0.2, -0.15) is 5.10 Å². The van der Waals surface area contributed by atoms with Crippen molar-refractivity contribution in [1.82, 2.24) is 9.78 Å². The lowest BCUT2D eigenvalue weighted by molar-refractivity contribution is -0.125. The van der Waals surface area contributed by atoms with Crippen molar-refractivity contribution < 1.29 is 4.79 Å². The van der Waals surface area contributed by atoms with E-state index < -0.39 is 5.54 Å². The van der Waals surface area contributed by atoms with Crippen molar-refractivity contribution in [3.8, 4) is 0 Å². The number of Topliss-reactive ketones (excluding diaryl/α,β-unsaturated/α-hetero) is 1. The molecule has 106 valence electrons. The van der Waals surface area contributed by atoms with Crippen molar-refractivity contribution in [2.24, 2.45) is 18.7 Å². The van der Waals surface area contributed by atoms with Gasteiger partial charge in [0.25, 0.3) is 0 Å². The highest BCUT2D eigenvalue weighted by Gasteiger charge is 2.38. The average Bonchev–Trinajstić information content (AvgIpc) is 2.55. The summed E-state index contributed by atoms with van der Waals surface area (Å²) in [5.74, 6) is 0.607. The van der Waals surface area contributed by atoms with Crippen LogP contribution in [0, 0.1) is 12.8 Å². The molecule has 0 aliphatic heterocycles. The molecule has 1 aromatic rings. The Balaban J connectivity index is 2.16. The largest absolute Gasteiger partial charge is 0.319 e. The monoisotopic (exact) mass is 283 g/mol. The number of nitrogens with two attached hydrogens (primary N) is 1. The fourth-order valence-corrected chi connectivity index (χ4v) is 3.27. The highest BCUT2D eigenvalue weighted by atomic mass is 35.5. The number of hydrogen-bond acceptors (Lipinski definition) is 3. The van der Waals surface area contributed by atoms with Crippen LogP contribution >= 0.6 is 11.6 Å². The summed E-state index contributed by atoms with van der Waals surface area (Å²) < 4.78 is 1.69. The first-order valence-corrected chi connectivity index (χ1v) is 7.21. The first-order valence-electron chi connectivity index (χ1n) is 6.83. The van der Waals surface area contributed by atoms with Gasteiger partial charge in [-0.3, -0.25) is 9.48 Å². The van der Waals surface area contributed by atoms with E-state index in [9.17, 15) is 4.79 Å². The van der Waals surface area contributed by atoms with Gasteiger partial charge in [0.2, 0.25) is 0 Å². The molecule has 1 saturated carbocycles. The fraction of sp³-hybridized carbons (Fsp3) is 0.714. The average molecular weight is 284 g/mol. The van der Waals surface area contributed by atoms with Gasteiger partial charge in [0.1, 0.15) is 0 Å². The predicted molar refractivity (Wildman–Crippen MR) is 76.2 cm³/mol. The Morgan fingerprint density at radius 2 is 2.32 bits per heavy atom. The van der Waals surface area contributed by atoms with E-state index in [0.717, 1.165) is 37.1 Å². The third-order valence-electron chi connectivity index (χ3n) is 4.18. The smallest absolute Gasteiger partial charge is 0.158 e. The lowest BCUT2D eigenvalue weighted by Gasteiger charge is -2.35. The number of hydrogen-bond donors (Lipinski definition) is 1. The number of aryl methyl sites for hydroxylation is 2. The van der Waals surface area contributed by atoms with Gasteiger partial charge in [-0.25, -0.2) is 0 Å². The van der Waals surface area contributed by atoms with E-state index in [1.54, 1.807) is 4.68 Å². The quantitative estimate of drug-likeness (QED) is 0.927. The second-order valence-corrected chi connectivity index (χ2v) is 6.31. The molecule has 0 amide bonds. The van der Waals surface area contributed by atoms with E-state index >= 15 is 0 Å². The topological polar surface area (TPSA) is 60.9 Å². The van der Waals surface area contributed by atoms with Crippen LogP contribution in [0.4, 0.5) is 0 Å². The van der Waals surface area contributed by atoms with Gasteiger partial charge in [0, 0.05) is 7.05 Å². The van der Waals surface area contributed by atoms with Gasteiger partial charge in [-0.1, -0.05) is 31.4 Å². The minimum atomic E-state index is -0.681. The summed E-state index contributed by atoms with van der Waals surface area (Å²) in [6, 6.07) is 0. The molecule has 1 fully saturated rings. The first kappa shape index (κ1) is 14.5. The third kappa shape index (κ3) is 2.84. The lowest BCUT2D eigenvalue weighted by Crippen LogP contribution is -2.51. The maximum atomic E-state index is 12.5. The molecule has 1 aromatic heterocycles. The lowest BCUT2D eigenvalue weighted by atomic mass is 9.74. The summed E-state index contributed by atoms with van der Waals surface area (Å²) in [5, 5.41) is 4.82. The van der Waals surface area contributed by atoms with Crippen molar-refractivity contribution >= 4 is 17.4 Å². The predicted octanol–water partition coefficient (Wildman–Crippen LogP) is 2.40. The minimum absolute atomic E-state index is 0.0870. The van der Waals surface area contributed by atoms with Crippen LogP contribution in [0.15, 0.2) is 0 Å². The molecule has 1 aliphatic rings. The van der Waals surface area contributed by atoms with E-state index in [1.165, 1.54) is 0 Å². The Bertz CT molecular complexity index is 497. The normalized spacial score (nSPS) is 27.5. The van der Waals surface area contributed by atoms with Crippen LogP contribution in [0.1, 0.15) is 44.0 Å². The summed E-state index contributed by atoms with van der Waals surface area (Å²) >= 11 is 6.19. The van der Waals surface area contributed by atoms with Crippen molar-refractivity contribution in [2.75, 3.05) is 0 Å².